The van der Waals surface area contributed by atoms with Gasteiger partial charge in [0.2, 0.25) is 0 Å². The van der Waals surface area contributed by atoms with Crippen molar-refractivity contribution in [1.29, 1.82) is 0 Å². The summed E-state index contributed by atoms with van der Waals surface area (Å²) >= 11 is 7.03. The highest BCUT2D eigenvalue weighted by molar-refractivity contribution is 8.18. The molecule has 2 amide bonds. The van der Waals surface area contributed by atoms with Crippen molar-refractivity contribution in [1.82, 2.24) is 4.90 Å². The van der Waals surface area contributed by atoms with E-state index in [1.165, 1.54) is 12.0 Å². The Balaban J connectivity index is 1.68. The molecule has 0 atom stereocenters. The normalized spacial score (nSPS) is 15.3. The van der Waals surface area contributed by atoms with Crippen LogP contribution in [0.3, 0.4) is 0 Å². The van der Waals surface area contributed by atoms with E-state index < -0.39 is 0 Å². The second-order valence-corrected chi connectivity index (χ2v) is 7.68. The largest absolute Gasteiger partial charge is 0.495 e. The number of nitrogens with zero attached hydrogens (tertiary/aromatic N) is 2. The highest BCUT2D eigenvalue weighted by atomic mass is 35.5. The summed E-state index contributed by atoms with van der Waals surface area (Å²) in [7, 11) is 5.46. The van der Waals surface area contributed by atoms with Gasteiger partial charge in [-0.05, 0) is 53.7 Å². The van der Waals surface area contributed by atoms with E-state index in [1.54, 1.807) is 24.3 Å². The molecule has 0 aromatic heterocycles. The molecule has 0 unspecified atom stereocenters. The van der Waals surface area contributed by atoms with Crippen molar-refractivity contribution in [2.75, 3.05) is 38.1 Å². The van der Waals surface area contributed by atoms with E-state index in [4.69, 9.17) is 16.3 Å². The molecule has 3 rings (SSSR count). The molecule has 146 valence electrons. The fourth-order valence-corrected chi connectivity index (χ4v) is 3.70. The number of rotatable bonds is 6. The Morgan fingerprint density at radius 2 is 1.89 bits per heavy atom. The lowest BCUT2D eigenvalue weighted by Crippen LogP contribution is -2.33. The van der Waals surface area contributed by atoms with Crippen molar-refractivity contribution in [2.45, 2.75) is 0 Å². The third-order valence-corrected chi connectivity index (χ3v) is 5.38. The van der Waals surface area contributed by atoms with E-state index in [0.29, 0.717) is 21.4 Å². The zero-order valence-electron chi connectivity index (χ0n) is 15.7. The van der Waals surface area contributed by atoms with Gasteiger partial charge >= 0.3 is 0 Å². The predicted octanol–water partition coefficient (Wildman–Crippen LogP) is 4.52. The Kier molecular flexibility index (Phi) is 6.16. The van der Waals surface area contributed by atoms with Gasteiger partial charge in [0.15, 0.2) is 0 Å². The summed E-state index contributed by atoms with van der Waals surface area (Å²) in [5.41, 5.74) is 2.62. The molecule has 0 radical (unpaired) electrons. The monoisotopic (exact) mass is 417 g/mol. The number of carbonyl (C=O) groups is 2. The van der Waals surface area contributed by atoms with Gasteiger partial charge in [0.05, 0.1) is 23.7 Å². The third-order valence-electron chi connectivity index (χ3n) is 4.17. The van der Waals surface area contributed by atoms with Crippen molar-refractivity contribution < 1.29 is 14.3 Å². The van der Waals surface area contributed by atoms with Gasteiger partial charge in [-0.25, -0.2) is 0 Å². The molecule has 1 fully saturated rings. The molecule has 0 spiro atoms. The average Bonchev–Trinajstić information content (AvgIpc) is 2.93. The first-order valence-electron chi connectivity index (χ1n) is 8.49. The van der Waals surface area contributed by atoms with Gasteiger partial charge in [-0.3, -0.25) is 14.5 Å². The smallest absolute Gasteiger partial charge is 0.295 e. The quantitative estimate of drug-likeness (QED) is 0.697. The molecule has 2 aromatic carbocycles. The zero-order valence-corrected chi connectivity index (χ0v) is 17.3. The maximum Gasteiger partial charge on any atom is 0.295 e. The number of ether oxygens (including phenoxy) is 1. The minimum absolute atomic E-state index is 0.0598. The number of carbonyl (C=O) groups excluding carboxylic acids is 2. The molecule has 1 aliphatic heterocycles. The molecule has 0 bridgehead atoms. The van der Waals surface area contributed by atoms with Crippen LogP contribution in [0.25, 0.3) is 6.08 Å². The molecule has 2 aromatic rings. The minimum atomic E-state index is -0.321. The summed E-state index contributed by atoms with van der Waals surface area (Å²) < 4.78 is 5.11. The second kappa shape index (κ2) is 8.58. The fraction of sp³-hybridized carbons (Fsp3) is 0.200. The van der Waals surface area contributed by atoms with Gasteiger partial charge in [0.25, 0.3) is 11.1 Å². The Bertz CT molecular complexity index is 929. The van der Waals surface area contributed by atoms with E-state index in [1.807, 2.05) is 43.3 Å². The molecule has 1 N–H and O–H groups in total. The highest BCUT2D eigenvalue weighted by Crippen LogP contribution is 2.33. The van der Waals surface area contributed by atoms with Crippen LogP contribution in [0.15, 0.2) is 47.4 Å². The lowest BCUT2D eigenvalue weighted by molar-refractivity contribution is -0.122. The number of hydrogen-bond donors (Lipinski definition) is 1. The molecule has 1 heterocycles. The van der Waals surface area contributed by atoms with Gasteiger partial charge in [0.1, 0.15) is 5.75 Å². The Morgan fingerprint density at radius 1 is 1.18 bits per heavy atom. The van der Waals surface area contributed by atoms with Crippen molar-refractivity contribution in [2.24, 2.45) is 0 Å². The number of methoxy groups -OCH3 is 1. The van der Waals surface area contributed by atoms with E-state index in [0.717, 1.165) is 23.0 Å². The maximum atomic E-state index is 12.6. The van der Waals surface area contributed by atoms with Crippen molar-refractivity contribution in [3.63, 3.8) is 0 Å². The number of nitrogens with one attached hydrogen (secondary N) is 1. The van der Waals surface area contributed by atoms with Crippen molar-refractivity contribution in [3.8, 4) is 5.75 Å². The summed E-state index contributed by atoms with van der Waals surface area (Å²) in [5.74, 6) is 0.236. The van der Waals surface area contributed by atoms with E-state index >= 15 is 0 Å². The van der Waals surface area contributed by atoms with E-state index in [9.17, 15) is 9.59 Å². The minimum Gasteiger partial charge on any atom is -0.495 e. The molecule has 1 aliphatic rings. The van der Waals surface area contributed by atoms with Crippen LogP contribution in [0.1, 0.15) is 5.56 Å². The highest BCUT2D eigenvalue weighted by Gasteiger charge is 2.34. The fourth-order valence-electron chi connectivity index (χ4n) is 2.60. The first-order valence-corrected chi connectivity index (χ1v) is 9.68. The van der Waals surface area contributed by atoms with Crippen LogP contribution < -0.4 is 15.0 Å². The number of imide groups is 1. The number of benzene rings is 2. The van der Waals surface area contributed by atoms with Crippen LogP contribution in [-0.2, 0) is 4.79 Å². The van der Waals surface area contributed by atoms with Gasteiger partial charge in [-0.2, -0.15) is 0 Å². The molecule has 0 aliphatic carbocycles. The van der Waals surface area contributed by atoms with Crippen LogP contribution in [0.5, 0.6) is 5.75 Å². The number of anilines is 2. The SMILES string of the molecule is COc1ccc(NCN2C(=O)SC(=Cc3ccc(N(C)C)cc3)C2=O)cc1Cl. The first kappa shape index (κ1) is 20.1. The lowest BCUT2D eigenvalue weighted by Gasteiger charge is -2.15. The lowest BCUT2D eigenvalue weighted by atomic mass is 10.2. The number of amides is 2. The molecule has 8 heteroatoms. The zero-order chi connectivity index (χ0) is 20.3. The first-order chi connectivity index (χ1) is 13.4. The molecule has 1 saturated heterocycles. The molecule has 28 heavy (non-hydrogen) atoms. The maximum absolute atomic E-state index is 12.6. The molecular weight excluding hydrogens is 398 g/mol. The van der Waals surface area contributed by atoms with Crippen LogP contribution in [0, 0.1) is 0 Å². The van der Waals surface area contributed by atoms with Crippen LogP contribution in [0.2, 0.25) is 5.02 Å². The van der Waals surface area contributed by atoms with Gasteiger partial charge in [-0.15, -0.1) is 0 Å². The average molecular weight is 418 g/mol. The third kappa shape index (κ3) is 4.43. The number of thioether (sulfide) groups is 1. The second-order valence-electron chi connectivity index (χ2n) is 6.28. The summed E-state index contributed by atoms with van der Waals surface area (Å²) in [6, 6.07) is 12.9. The van der Waals surface area contributed by atoms with Crippen LogP contribution >= 0.6 is 23.4 Å². The number of hydrogen-bond acceptors (Lipinski definition) is 6. The Hall–Kier alpha value is -2.64. The Morgan fingerprint density at radius 3 is 2.50 bits per heavy atom. The van der Waals surface area contributed by atoms with Gasteiger partial charge in [-0.1, -0.05) is 23.7 Å². The molecule has 6 nitrogen and oxygen atoms in total. The van der Waals surface area contributed by atoms with Gasteiger partial charge < -0.3 is 15.0 Å². The summed E-state index contributed by atoms with van der Waals surface area (Å²) in [6.45, 7) is 0.0598. The van der Waals surface area contributed by atoms with E-state index in [-0.39, 0.29) is 17.8 Å². The standard InChI is InChI=1S/C20H20ClN3O3S/c1-23(2)15-7-4-13(5-8-15)10-18-19(25)24(20(26)28-18)12-22-14-6-9-17(27-3)16(21)11-14/h4-11,22H,12H2,1-3H3. The van der Waals surface area contributed by atoms with Crippen LogP contribution in [-0.4, -0.2) is 43.9 Å². The number of halogens is 1. The topological polar surface area (TPSA) is 61.9 Å². The van der Waals surface area contributed by atoms with E-state index in [2.05, 4.69) is 5.32 Å². The summed E-state index contributed by atoms with van der Waals surface area (Å²) in [4.78, 5) is 28.4. The Labute approximate surface area is 173 Å². The van der Waals surface area contributed by atoms with Gasteiger partial charge in [0, 0.05) is 25.5 Å². The molecule has 0 saturated carbocycles. The summed E-state index contributed by atoms with van der Waals surface area (Å²) in [5, 5.41) is 3.18. The predicted molar refractivity (Wildman–Crippen MR) is 115 cm³/mol. The molecular formula is C20H20ClN3O3S. The van der Waals surface area contributed by atoms with Crippen LogP contribution in [0.4, 0.5) is 16.2 Å². The summed E-state index contributed by atoms with van der Waals surface area (Å²) in [6.07, 6.45) is 1.73. The van der Waals surface area contributed by atoms with Crippen molar-refractivity contribution >= 4 is 52.0 Å². The van der Waals surface area contributed by atoms with Crippen molar-refractivity contribution in [3.05, 3.63) is 58.0 Å².